The van der Waals surface area contributed by atoms with Crippen LogP contribution in [0.1, 0.15) is 38.2 Å². The van der Waals surface area contributed by atoms with Crippen LogP contribution in [0, 0.1) is 4.77 Å². The minimum atomic E-state index is 0.567. The Bertz CT molecular complexity index is 273. The van der Waals surface area contributed by atoms with Crippen molar-refractivity contribution in [3.63, 3.8) is 0 Å². The topological polar surface area (TPSA) is 28.7 Å². The highest BCUT2D eigenvalue weighted by molar-refractivity contribution is 7.71. The Morgan fingerprint density at radius 1 is 1.38 bits per heavy atom. The number of H-pyrrole nitrogens is 1. The number of nitrogens with one attached hydrogen (secondary N) is 1. The molecule has 0 radical (unpaired) electrons. The van der Waals surface area contributed by atoms with Crippen LogP contribution < -0.4 is 0 Å². The van der Waals surface area contributed by atoms with Gasteiger partial charge in [0.15, 0.2) is 4.77 Å². The lowest BCUT2D eigenvalue weighted by atomic mass is 10.1. The van der Waals surface area contributed by atoms with Gasteiger partial charge in [0.2, 0.25) is 0 Å². The number of rotatable bonds is 5. The summed E-state index contributed by atoms with van der Waals surface area (Å²) in [6, 6.07) is 0. The molecule has 0 atom stereocenters. The van der Waals surface area contributed by atoms with E-state index in [1.807, 2.05) is 12.4 Å². The van der Waals surface area contributed by atoms with E-state index in [1.54, 1.807) is 0 Å². The molecule has 0 aliphatic heterocycles. The van der Waals surface area contributed by atoms with Crippen molar-refractivity contribution in [2.24, 2.45) is 0 Å². The molecule has 1 rings (SSSR count). The SMILES string of the molecule is CCCCCCc1cnc(=S)[nH]c1. The smallest absolute Gasteiger partial charge is 0.196 e. The van der Waals surface area contributed by atoms with Crippen LogP contribution in [0.4, 0.5) is 0 Å². The van der Waals surface area contributed by atoms with Gasteiger partial charge in [-0.2, -0.15) is 0 Å². The predicted molar refractivity (Wildman–Crippen MR) is 57.3 cm³/mol. The monoisotopic (exact) mass is 196 g/mol. The standard InChI is InChI=1S/C10H16N2S/c1-2-3-4-5-6-9-7-11-10(13)12-8-9/h7-8H,2-6H2,1H3,(H,11,12,13). The molecule has 13 heavy (non-hydrogen) atoms. The van der Waals surface area contributed by atoms with Crippen molar-refractivity contribution in [2.45, 2.75) is 39.0 Å². The van der Waals surface area contributed by atoms with Gasteiger partial charge in [0.1, 0.15) is 0 Å². The second-order valence-corrected chi connectivity index (χ2v) is 3.62. The first-order chi connectivity index (χ1) is 6.33. The minimum absolute atomic E-state index is 0.567. The molecule has 0 saturated heterocycles. The summed E-state index contributed by atoms with van der Waals surface area (Å²) < 4.78 is 0.567. The van der Waals surface area contributed by atoms with Crippen molar-refractivity contribution in [3.05, 3.63) is 22.7 Å². The Morgan fingerprint density at radius 3 is 2.85 bits per heavy atom. The van der Waals surface area contributed by atoms with Gasteiger partial charge in [0.05, 0.1) is 0 Å². The second-order valence-electron chi connectivity index (χ2n) is 3.24. The fourth-order valence-electron chi connectivity index (χ4n) is 1.26. The van der Waals surface area contributed by atoms with Gasteiger partial charge >= 0.3 is 0 Å². The average Bonchev–Trinajstić information content (AvgIpc) is 2.15. The number of aromatic nitrogens is 2. The van der Waals surface area contributed by atoms with Crippen LogP contribution in [0.15, 0.2) is 12.4 Å². The van der Waals surface area contributed by atoms with E-state index in [2.05, 4.69) is 16.9 Å². The van der Waals surface area contributed by atoms with E-state index in [0.29, 0.717) is 4.77 Å². The summed E-state index contributed by atoms with van der Waals surface area (Å²) in [5, 5.41) is 0. The minimum Gasteiger partial charge on any atom is -0.337 e. The van der Waals surface area contributed by atoms with Crippen molar-refractivity contribution in [3.8, 4) is 0 Å². The van der Waals surface area contributed by atoms with Crippen LogP contribution in [0.5, 0.6) is 0 Å². The average molecular weight is 196 g/mol. The van der Waals surface area contributed by atoms with E-state index in [4.69, 9.17) is 12.2 Å². The van der Waals surface area contributed by atoms with Crippen molar-refractivity contribution in [1.29, 1.82) is 0 Å². The number of unbranched alkanes of at least 4 members (excludes halogenated alkanes) is 3. The fraction of sp³-hybridized carbons (Fsp3) is 0.600. The molecule has 72 valence electrons. The molecular weight excluding hydrogens is 180 g/mol. The molecule has 1 N–H and O–H groups in total. The highest BCUT2D eigenvalue weighted by atomic mass is 32.1. The van der Waals surface area contributed by atoms with Gasteiger partial charge in [0, 0.05) is 12.4 Å². The largest absolute Gasteiger partial charge is 0.337 e. The Morgan fingerprint density at radius 2 is 2.23 bits per heavy atom. The summed E-state index contributed by atoms with van der Waals surface area (Å²) in [6.45, 7) is 2.22. The molecule has 0 fully saturated rings. The molecule has 0 unspecified atom stereocenters. The lowest BCUT2D eigenvalue weighted by Crippen LogP contribution is -1.89. The van der Waals surface area contributed by atoms with Gasteiger partial charge in [-0.25, -0.2) is 4.98 Å². The van der Waals surface area contributed by atoms with E-state index in [1.165, 1.54) is 31.2 Å². The van der Waals surface area contributed by atoms with E-state index in [-0.39, 0.29) is 0 Å². The maximum atomic E-state index is 4.86. The maximum Gasteiger partial charge on any atom is 0.196 e. The summed E-state index contributed by atoms with van der Waals surface area (Å²) in [4.78, 5) is 6.98. The normalized spacial score (nSPS) is 10.2. The fourth-order valence-corrected chi connectivity index (χ4v) is 1.37. The number of aryl methyl sites for hydroxylation is 1. The van der Waals surface area contributed by atoms with Crippen molar-refractivity contribution < 1.29 is 0 Å². The zero-order chi connectivity index (χ0) is 9.52. The van der Waals surface area contributed by atoms with Gasteiger partial charge in [-0.05, 0) is 30.6 Å². The Kier molecular flexibility index (Phi) is 4.68. The number of nitrogens with zero attached hydrogens (tertiary/aromatic N) is 1. The van der Waals surface area contributed by atoms with Crippen LogP contribution in [0.3, 0.4) is 0 Å². The van der Waals surface area contributed by atoms with Crippen LogP contribution in [-0.2, 0) is 6.42 Å². The number of aromatic amines is 1. The lowest BCUT2D eigenvalue weighted by molar-refractivity contribution is 0.665. The molecule has 0 bridgehead atoms. The zero-order valence-corrected chi connectivity index (χ0v) is 8.86. The summed E-state index contributed by atoms with van der Waals surface area (Å²) >= 11 is 4.86. The third-order valence-corrected chi connectivity index (χ3v) is 2.27. The Balaban J connectivity index is 2.29. The first kappa shape index (κ1) is 10.4. The molecular formula is C10H16N2S. The van der Waals surface area contributed by atoms with Crippen molar-refractivity contribution in [1.82, 2.24) is 9.97 Å². The molecule has 0 saturated carbocycles. The predicted octanol–water partition coefficient (Wildman–Crippen LogP) is 3.26. The van der Waals surface area contributed by atoms with Crippen molar-refractivity contribution in [2.75, 3.05) is 0 Å². The van der Waals surface area contributed by atoms with Crippen LogP contribution in [0.2, 0.25) is 0 Å². The highest BCUT2D eigenvalue weighted by Gasteiger charge is 1.92. The first-order valence-electron chi connectivity index (χ1n) is 4.86. The van der Waals surface area contributed by atoms with E-state index in [9.17, 15) is 0 Å². The first-order valence-corrected chi connectivity index (χ1v) is 5.27. The van der Waals surface area contributed by atoms with Crippen LogP contribution in [-0.4, -0.2) is 9.97 Å². The molecule has 1 heterocycles. The Hall–Kier alpha value is -0.700. The molecule has 0 amide bonds. The molecule has 0 aliphatic rings. The Labute approximate surface area is 84.4 Å². The maximum absolute atomic E-state index is 4.86. The third-order valence-electron chi connectivity index (χ3n) is 2.05. The quantitative estimate of drug-likeness (QED) is 0.578. The highest BCUT2D eigenvalue weighted by Crippen LogP contribution is 2.05. The molecule has 3 heteroatoms. The van der Waals surface area contributed by atoms with Crippen LogP contribution in [0.25, 0.3) is 0 Å². The molecule has 0 aliphatic carbocycles. The van der Waals surface area contributed by atoms with Gasteiger partial charge in [-0.3, -0.25) is 0 Å². The van der Waals surface area contributed by atoms with Crippen LogP contribution >= 0.6 is 12.2 Å². The summed E-state index contributed by atoms with van der Waals surface area (Å²) in [6.07, 6.45) is 10.1. The molecule has 0 aromatic carbocycles. The van der Waals surface area contributed by atoms with E-state index >= 15 is 0 Å². The summed E-state index contributed by atoms with van der Waals surface area (Å²) in [5.74, 6) is 0. The van der Waals surface area contributed by atoms with Gasteiger partial charge < -0.3 is 4.98 Å². The van der Waals surface area contributed by atoms with Crippen molar-refractivity contribution >= 4 is 12.2 Å². The third kappa shape index (κ3) is 4.18. The lowest BCUT2D eigenvalue weighted by Gasteiger charge is -1.99. The van der Waals surface area contributed by atoms with E-state index < -0.39 is 0 Å². The summed E-state index contributed by atoms with van der Waals surface area (Å²) in [7, 11) is 0. The van der Waals surface area contributed by atoms with E-state index in [0.717, 1.165) is 6.42 Å². The molecule has 1 aromatic heterocycles. The molecule has 2 nitrogen and oxygen atoms in total. The van der Waals surface area contributed by atoms with Gasteiger partial charge in [0.25, 0.3) is 0 Å². The molecule has 0 spiro atoms. The summed E-state index contributed by atoms with van der Waals surface area (Å²) in [5.41, 5.74) is 1.25. The number of hydrogen-bond acceptors (Lipinski definition) is 2. The van der Waals surface area contributed by atoms with Gasteiger partial charge in [-0.15, -0.1) is 0 Å². The molecule has 1 aromatic rings. The zero-order valence-electron chi connectivity index (χ0n) is 8.05. The number of hydrogen-bond donors (Lipinski definition) is 1. The van der Waals surface area contributed by atoms with Gasteiger partial charge in [-0.1, -0.05) is 26.2 Å². The second kappa shape index (κ2) is 5.86.